The molecule has 6 nitrogen and oxygen atoms in total. The molecule has 0 aliphatic carbocycles. The first-order valence-corrected chi connectivity index (χ1v) is 7.15. The second-order valence-electron chi connectivity index (χ2n) is 6.33. The number of benzene rings is 1. The standard InChI is InChI=1S/C16H22N4O2.Y/c1-15(9-20(3)10-16(15,2)14(17)19-18)11-6-7-12(21-4)13(8-11)22-5;/h6-8H,9-10H2,1-5H3;/q-2;. The van der Waals surface area contributed by atoms with Crippen LogP contribution in [-0.4, -0.2) is 45.1 Å². The van der Waals surface area contributed by atoms with Crippen molar-refractivity contribution in [3.8, 4) is 11.5 Å². The predicted molar refractivity (Wildman–Crippen MR) is 86.7 cm³/mol. The Bertz CT molecular complexity index is 610. The molecule has 1 aromatic rings. The van der Waals surface area contributed by atoms with Crippen molar-refractivity contribution in [3.63, 3.8) is 0 Å². The van der Waals surface area contributed by atoms with Crippen LogP contribution in [0.1, 0.15) is 19.4 Å². The van der Waals surface area contributed by atoms with E-state index in [1.807, 2.05) is 32.2 Å². The fourth-order valence-electron chi connectivity index (χ4n) is 3.50. The van der Waals surface area contributed by atoms with Gasteiger partial charge >= 0.3 is 0 Å². The second kappa shape index (κ2) is 7.37. The maximum absolute atomic E-state index is 10.2. The van der Waals surface area contributed by atoms with Crippen LogP contribution in [0.15, 0.2) is 23.3 Å². The van der Waals surface area contributed by atoms with E-state index in [0.717, 1.165) is 12.1 Å². The molecule has 0 spiro atoms. The van der Waals surface area contributed by atoms with E-state index >= 15 is 0 Å². The van der Waals surface area contributed by atoms with E-state index in [1.54, 1.807) is 14.2 Å². The van der Waals surface area contributed by atoms with Crippen molar-refractivity contribution in [2.24, 2.45) is 10.5 Å². The van der Waals surface area contributed by atoms with Crippen molar-refractivity contribution < 1.29 is 42.2 Å². The molecule has 23 heavy (non-hydrogen) atoms. The summed E-state index contributed by atoms with van der Waals surface area (Å²) in [6, 6.07) is 5.73. The van der Waals surface area contributed by atoms with Crippen molar-refractivity contribution in [3.05, 3.63) is 34.7 Å². The summed E-state index contributed by atoms with van der Waals surface area (Å²) in [5, 5.41) is 13.2. The average molecular weight is 391 g/mol. The molecule has 2 rings (SSSR count). The van der Waals surface area contributed by atoms with Gasteiger partial charge in [0.25, 0.3) is 0 Å². The van der Waals surface area contributed by atoms with Crippen molar-refractivity contribution in [2.75, 3.05) is 34.4 Å². The molecule has 0 saturated carbocycles. The zero-order chi connectivity index (χ0) is 16.5. The third-order valence-electron chi connectivity index (χ3n) is 5.00. The zero-order valence-electron chi connectivity index (χ0n) is 14.3. The summed E-state index contributed by atoms with van der Waals surface area (Å²) in [6.07, 6.45) is 0. The van der Waals surface area contributed by atoms with Crippen LogP contribution in [0.4, 0.5) is 0 Å². The number of likely N-dealkylation sites (N-methyl/N-ethyl adjacent to an activating group) is 1. The maximum Gasteiger partial charge on any atom is 0.161 e. The summed E-state index contributed by atoms with van der Waals surface area (Å²) < 4.78 is 10.7. The van der Waals surface area contributed by atoms with Crippen LogP contribution in [0.5, 0.6) is 11.5 Å². The smallest absolute Gasteiger partial charge is 0.161 e. The molecule has 1 fully saturated rings. The Labute approximate surface area is 162 Å². The number of likely N-dealkylation sites (tertiary alicyclic amines) is 1. The average Bonchev–Trinajstić information content (AvgIpc) is 2.76. The van der Waals surface area contributed by atoms with Crippen molar-refractivity contribution in [1.29, 1.82) is 0 Å². The topological polar surface area (TPSA) is 78.7 Å². The Kier molecular flexibility index (Phi) is 6.47. The summed E-state index contributed by atoms with van der Waals surface area (Å²) in [4.78, 5) is 2.11. The largest absolute Gasteiger partial charge is 0.842 e. The Morgan fingerprint density at radius 3 is 2.30 bits per heavy atom. The van der Waals surface area contributed by atoms with Crippen molar-refractivity contribution in [1.82, 2.24) is 4.90 Å². The van der Waals surface area contributed by atoms with Crippen LogP contribution in [0, 0.1) is 5.41 Å². The summed E-state index contributed by atoms with van der Waals surface area (Å²) in [7, 11) is 5.17. The van der Waals surface area contributed by atoms with Crippen LogP contribution in [0.25, 0.3) is 10.9 Å². The summed E-state index contributed by atoms with van der Waals surface area (Å²) in [5.74, 6) is 1.04. The van der Waals surface area contributed by atoms with Crippen LogP contribution < -0.4 is 9.47 Å². The molecule has 0 N–H and O–H groups in total. The van der Waals surface area contributed by atoms with Gasteiger partial charge in [-0.15, -0.1) is 5.84 Å². The number of rotatable bonds is 4. The van der Waals surface area contributed by atoms with Crippen LogP contribution >= 0.6 is 0 Å². The van der Waals surface area contributed by atoms with Gasteiger partial charge in [-0.3, -0.25) is 0 Å². The number of hydrogen-bond acceptors (Lipinski definition) is 3. The minimum Gasteiger partial charge on any atom is -0.842 e. The molecule has 123 valence electrons. The number of nitrogens with zero attached hydrogens (tertiary/aromatic N) is 4. The normalized spacial score (nSPS) is 27.2. The van der Waals surface area contributed by atoms with Gasteiger partial charge in [0.1, 0.15) is 0 Å². The molecule has 1 heterocycles. The maximum atomic E-state index is 10.2. The van der Waals surface area contributed by atoms with Gasteiger partial charge in [0.15, 0.2) is 11.5 Å². The van der Waals surface area contributed by atoms with Crippen LogP contribution in [-0.2, 0) is 38.1 Å². The number of hydrogen-bond donors (Lipinski definition) is 0. The van der Waals surface area contributed by atoms with E-state index in [-0.39, 0.29) is 38.5 Å². The van der Waals surface area contributed by atoms with E-state index in [9.17, 15) is 5.41 Å². The van der Waals surface area contributed by atoms with Gasteiger partial charge in [-0.2, -0.15) is 0 Å². The molecule has 1 aliphatic rings. The van der Waals surface area contributed by atoms with Gasteiger partial charge in [0, 0.05) is 56.6 Å². The number of methoxy groups -OCH3 is 2. The molecule has 0 aromatic heterocycles. The third kappa shape index (κ3) is 3.21. The monoisotopic (exact) mass is 391 g/mol. The van der Waals surface area contributed by atoms with Crippen molar-refractivity contribution in [2.45, 2.75) is 19.3 Å². The van der Waals surface area contributed by atoms with Gasteiger partial charge < -0.3 is 30.4 Å². The molecule has 2 unspecified atom stereocenters. The first-order valence-electron chi connectivity index (χ1n) is 7.15. The van der Waals surface area contributed by atoms with E-state index < -0.39 is 10.8 Å². The minimum atomic E-state index is -0.698. The van der Waals surface area contributed by atoms with Gasteiger partial charge in [-0.1, -0.05) is 19.9 Å². The molecule has 1 radical (unpaired) electrons. The van der Waals surface area contributed by atoms with E-state index in [1.165, 1.54) is 0 Å². The Hall–Kier alpha value is -0.846. The molecule has 0 bridgehead atoms. The molecule has 1 saturated heterocycles. The number of amidine groups is 1. The summed E-state index contributed by atoms with van der Waals surface area (Å²) >= 11 is 0. The summed E-state index contributed by atoms with van der Waals surface area (Å²) in [6.45, 7) is 5.27. The SMILES string of the molecule is COc1ccc(C2(C)CN(C)CC2(C)C(=[N-])N=[N-])cc1OC.[Y]. The third-order valence-corrected chi connectivity index (χ3v) is 5.00. The quantitative estimate of drug-likeness (QED) is 0.450. The van der Waals surface area contributed by atoms with E-state index in [2.05, 4.69) is 16.9 Å². The van der Waals surface area contributed by atoms with Gasteiger partial charge in [0.05, 0.1) is 14.2 Å². The molecule has 7 heteroatoms. The van der Waals surface area contributed by atoms with Crippen LogP contribution in [0.3, 0.4) is 0 Å². The molecular weight excluding hydrogens is 369 g/mol. The van der Waals surface area contributed by atoms with E-state index in [0.29, 0.717) is 18.0 Å². The fourth-order valence-corrected chi connectivity index (χ4v) is 3.50. The summed E-state index contributed by atoms with van der Waals surface area (Å²) in [5.41, 5.74) is 8.95. The first-order chi connectivity index (χ1) is 10.3. The predicted octanol–water partition coefficient (Wildman–Crippen LogP) is 2.90. The Balaban J connectivity index is 0.00000264. The van der Waals surface area contributed by atoms with Gasteiger partial charge in [-0.25, -0.2) is 0 Å². The molecule has 0 amide bonds. The first kappa shape index (κ1) is 20.2. The second-order valence-corrected chi connectivity index (χ2v) is 6.33. The molecule has 2 atom stereocenters. The van der Waals surface area contributed by atoms with Gasteiger partial charge in [-0.05, 0) is 24.7 Å². The zero-order valence-corrected chi connectivity index (χ0v) is 17.2. The molecule has 1 aromatic carbocycles. The minimum absolute atomic E-state index is 0. The van der Waals surface area contributed by atoms with Crippen molar-refractivity contribution >= 4 is 5.84 Å². The Morgan fingerprint density at radius 2 is 1.78 bits per heavy atom. The fraction of sp³-hybridized carbons (Fsp3) is 0.562. The van der Waals surface area contributed by atoms with Crippen LogP contribution in [0.2, 0.25) is 0 Å². The van der Waals surface area contributed by atoms with Gasteiger partial charge in [0.2, 0.25) is 0 Å². The number of ether oxygens (including phenoxy) is 2. The Morgan fingerprint density at radius 1 is 1.17 bits per heavy atom. The van der Waals surface area contributed by atoms with E-state index in [4.69, 9.17) is 15.0 Å². The molecule has 1 aliphatic heterocycles. The molecular formula is C16H22N4O2Y-2.